The van der Waals surface area contributed by atoms with Crippen molar-refractivity contribution in [3.8, 4) is 0 Å². The summed E-state index contributed by atoms with van der Waals surface area (Å²) in [6.45, 7) is 6.50. The summed E-state index contributed by atoms with van der Waals surface area (Å²) in [5.74, 6) is -0.903. The zero-order valence-corrected chi connectivity index (χ0v) is 43.4. The third kappa shape index (κ3) is 51.8. The largest absolute Gasteiger partial charge is 0.462 e. The molecule has 6 nitrogen and oxygen atoms in total. The lowest BCUT2D eigenvalue weighted by atomic mass is 10.0. The van der Waals surface area contributed by atoms with Crippen LogP contribution in [0.2, 0.25) is 0 Å². The molecule has 380 valence electrons. The second kappa shape index (κ2) is 54.5. The van der Waals surface area contributed by atoms with Gasteiger partial charge in [0.1, 0.15) is 13.2 Å². The maximum atomic E-state index is 12.8. The standard InChI is InChI=1S/C60H104O6/c1-4-7-10-13-16-19-22-25-27-28-29-30-31-32-33-36-38-41-44-47-50-53-59(62)65-56-57(55-64-58(61)52-49-46-43-40-37-34-24-21-18-15-12-9-6-3)66-60(63)54-51-48-45-42-39-35-26-23-20-17-14-11-8-5-2/h7,10,16,19,21,24-25,27,29-30,32-33,57H,4-6,8-9,11-15,17-18,20,22-23,26,28,31,34-56H2,1-3H3/b10-7-,19-16-,24-21-,27-25-,30-29-,33-32-. The average molecular weight is 921 g/mol. The first-order valence-electron chi connectivity index (χ1n) is 27.9. The van der Waals surface area contributed by atoms with E-state index in [1.807, 2.05) is 0 Å². The molecule has 0 radical (unpaired) electrons. The van der Waals surface area contributed by atoms with Crippen LogP contribution >= 0.6 is 0 Å². The van der Waals surface area contributed by atoms with Gasteiger partial charge in [-0.15, -0.1) is 0 Å². The Labute approximate surface area is 408 Å². The van der Waals surface area contributed by atoms with Crippen LogP contribution in [0.4, 0.5) is 0 Å². The van der Waals surface area contributed by atoms with E-state index in [-0.39, 0.29) is 31.1 Å². The molecule has 1 atom stereocenters. The molecule has 0 saturated carbocycles. The summed E-state index contributed by atoms with van der Waals surface area (Å²) < 4.78 is 16.8. The van der Waals surface area contributed by atoms with Gasteiger partial charge in [0.05, 0.1) is 0 Å². The molecular formula is C60H104O6. The molecule has 0 fully saturated rings. The molecule has 0 aliphatic rings. The van der Waals surface area contributed by atoms with Gasteiger partial charge in [-0.25, -0.2) is 0 Å². The van der Waals surface area contributed by atoms with Crippen molar-refractivity contribution in [1.82, 2.24) is 0 Å². The van der Waals surface area contributed by atoms with Gasteiger partial charge < -0.3 is 14.2 Å². The van der Waals surface area contributed by atoms with Gasteiger partial charge in [-0.1, -0.05) is 235 Å². The summed E-state index contributed by atoms with van der Waals surface area (Å²) in [6, 6.07) is 0. The fraction of sp³-hybridized carbons (Fsp3) is 0.750. The minimum Gasteiger partial charge on any atom is -0.462 e. The van der Waals surface area contributed by atoms with E-state index in [1.165, 1.54) is 116 Å². The zero-order valence-electron chi connectivity index (χ0n) is 43.4. The molecule has 0 aromatic heterocycles. The van der Waals surface area contributed by atoms with Crippen molar-refractivity contribution < 1.29 is 28.6 Å². The molecule has 0 saturated heterocycles. The summed E-state index contributed by atoms with van der Waals surface area (Å²) in [5.41, 5.74) is 0. The third-order valence-electron chi connectivity index (χ3n) is 11.9. The molecular weight excluding hydrogens is 817 g/mol. The van der Waals surface area contributed by atoms with Crippen molar-refractivity contribution in [3.05, 3.63) is 72.9 Å². The summed E-state index contributed by atoms with van der Waals surface area (Å²) in [4.78, 5) is 38.1. The minimum absolute atomic E-state index is 0.0841. The lowest BCUT2D eigenvalue weighted by Crippen LogP contribution is -2.30. The number of rotatable bonds is 50. The van der Waals surface area contributed by atoms with Gasteiger partial charge in [-0.2, -0.15) is 0 Å². The number of hydrogen-bond acceptors (Lipinski definition) is 6. The Hall–Kier alpha value is -3.15. The van der Waals surface area contributed by atoms with Gasteiger partial charge in [0.15, 0.2) is 6.10 Å². The van der Waals surface area contributed by atoms with Crippen molar-refractivity contribution in [1.29, 1.82) is 0 Å². The topological polar surface area (TPSA) is 78.9 Å². The lowest BCUT2D eigenvalue weighted by Gasteiger charge is -2.18. The van der Waals surface area contributed by atoms with Gasteiger partial charge in [0.25, 0.3) is 0 Å². The van der Waals surface area contributed by atoms with Crippen molar-refractivity contribution in [2.45, 2.75) is 277 Å². The number of allylic oxidation sites excluding steroid dienone is 12. The number of hydrogen-bond donors (Lipinski definition) is 0. The lowest BCUT2D eigenvalue weighted by molar-refractivity contribution is -0.167. The fourth-order valence-corrected chi connectivity index (χ4v) is 7.76. The summed E-state index contributed by atoms with van der Waals surface area (Å²) in [6.07, 6.45) is 68.8. The molecule has 0 aliphatic carbocycles. The number of ether oxygens (including phenoxy) is 3. The molecule has 1 unspecified atom stereocenters. The second-order valence-electron chi connectivity index (χ2n) is 18.5. The molecule has 0 bridgehead atoms. The smallest absolute Gasteiger partial charge is 0.306 e. The first-order valence-corrected chi connectivity index (χ1v) is 27.9. The Morgan fingerprint density at radius 3 is 0.955 bits per heavy atom. The van der Waals surface area contributed by atoms with Crippen LogP contribution in [-0.4, -0.2) is 37.2 Å². The van der Waals surface area contributed by atoms with E-state index in [9.17, 15) is 14.4 Å². The Bertz CT molecular complexity index is 1240. The Kier molecular flexibility index (Phi) is 51.9. The highest BCUT2D eigenvalue weighted by Crippen LogP contribution is 2.15. The van der Waals surface area contributed by atoms with Gasteiger partial charge in [0, 0.05) is 19.3 Å². The molecule has 0 rings (SSSR count). The van der Waals surface area contributed by atoms with Crippen LogP contribution in [0.5, 0.6) is 0 Å². The first-order chi connectivity index (χ1) is 32.5. The number of unbranched alkanes of at least 4 members (excludes halogenated alkanes) is 27. The van der Waals surface area contributed by atoms with E-state index in [4.69, 9.17) is 14.2 Å². The van der Waals surface area contributed by atoms with Gasteiger partial charge in [0.2, 0.25) is 0 Å². The quantitative estimate of drug-likeness (QED) is 0.0262. The highest BCUT2D eigenvalue weighted by molar-refractivity contribution is 5.71. The SMILES string of the molecule is CC/C=C\C/C=C\C/C=C\C/C=C\C/C=C\CCCCCCCC(=O)OCC(COC(=O)CCCCCCC/C=C\CCCCCC)OC(=O)CCCCCCCCCCCCCCCC. The molecule has 0 amide bonds. The predicted molar refractivity (Wildman–Crippen MR) is 284 cm³/mol. The van der Waals surface area contributed by atoms with Crippen molar-refractivity contribution in [3.63, 3.8) is 0 Å². The maximum absolute atomic E-state index is 12.8. The van der Waals surface area contributed by atoms with Gasteiger partial charge in [-0.3, -0.25) is 14.4 Å². The Morgan fingerprint density at radius 1 is 0.318 bits per heavy atom. The Morgan fingerprint density at radius 2 is 0.591 bits per heavy atom. The predicted octanol–water partition coefficient (Wildman–Crippen LogP) is 18.6. The molecule has 0 spiro atoms. The average Bonchev–Trinajstić information content (AvgIpc) is 3.31. The van der Waals surface area contributed by atoms with Crippen LogP contribution < -0.4 is 0 Å². The van der Waals surface area contributed by atoms with Crippen LogP contribution in [0.15, 0.2) is 72.9 Å². The number of esters is 3. The van der Waals surface area contributed by atoms with E-state index in [1.54, 1.807) is 0 Å². The summed E-state index contributed by atoms with van der Waals surface area (Å²) in [7, 11) is 0. The molecule has 0 aliphatic heterocycles. The van der Waals surface area contributed by atoms with Gasteiger partial charge in [-0.05, 0) is 89.9 Å². The maximum Gasteiger partial charge on any atom is 0.306 e. The van der Waals surface area contributed by atoms with Crippen LogP contribution in [-0.2, 0) is 28.6 Å². The molecule has 0 heterocycles. The van der Waals surface area contributed by atoms with E-state index in [2.05, 4.69) is 93.7 Å². The molecule has 6 heteroatoms. The van der Waals surface area contributed by atoms with E-state index >= 15 is 0 Å². The number of carbonyl (C=O) groups excluding carboxylic acids is 3. The van der Waals surface area contributed by atoms with Crippen LogP contribution in [0, 0.1) is 0 Å². The third-order valence-corrected chi connectivity index (χ3v) is 11.9. The summed E-state index contributed by atoms with van der Waals surface area (Å²) >= 11 is 0. The Balaban J connectivity index is 4.39. The van der Waals surface area contributed by atoms with Crippen LogP contribution in [0.25, 0.3) is 0 Å². The van der Waals surface area contributed by atoms with Crippen LogP contribution in [0.3, 0.4) is 0 Å². The van der Waals surface area contributed by atoms with E-state index in [0.717, 1.165) is 116 Å². The summed E-state index contributed by atoms with van der Waals surface area (Å²) in [5, 5.41) is 0. The van der Waals surface area contributed by atoms with Crippen molar-refractivity contribution in [2.75, 3.05) is 13.2 Å². The molecule has 0 N–H and O–H groups in total. The monoisotopic (exact) mass is 921 g/mol. The van der Waals surface area contributed by atoms with Gasteiger partial charge >= 0.3 is 17.9 Å². The first kappa shape index (κ1) is 62.8. The van der Waals surface area contributed by atoms with E-state index < -0.39 is 6.10 Å². The highest BCUT2D eigenvalue weighted by atomic mass is 16.6. The molecule has 0 aromatic carbocycles. The minimum atomic E-state index is -0.785. The van der Waals surface area contributed by atoms with Crippen molar-refractivity contribution in [2.24, 2.45) is 0 Å². The molecule has 0 aromatic rings. The second-order valence-corrected chi connectivity index (χ2v) is 18.5. The molecule has 66 heavy (non-hydrogen) atoms. The normalized spacial score (nSPS) is 12.6. The number of carbonyl (C=O) groups is 3. The van der Waals surface area contributed by atoms with E-state index in [0.29, 0.717) is 19.3 Å². The highest BCUT2D eigenvalue weighted by Gasteiger charge is 2.19. The fourth-order valence-electron chi connectivity index (χ4n) is 7.76. The zero-order chi connectivity index (χ0) is 47.9. The van der Waals surface area contributed by atoms with Crippen molar-refractivity contribution >= 4 is 17.9 Å². The van der Waals surface area contributed by atoms with Crippen LogP contribution in [0.1, 0.15) is 271 Å².